The molecule has 88 valence electrons. The number of pyridine rings is 1. The third kappa shape index (κ3) is 3.78. The summed E-state index contributed by atoms with van der Waals surface area (Å²) >= 11 is 0. The lowest BCUT2D eigenvalue weighted by atomic mass is 10.0. The smallest absolute Gasteiger partial charge is 0.0579 e. The number of aromatic nitrogens is 1. The zero-order valence-electron chi connectivity index (χ0n) is 10.6. The van der Waals surface area contributed by atoms with Crippen LogP contribution in [0.25, 0.3) is 0 Å². The van der Waals surface area contributed by atoms with Crippen molar-refractivity contribution in [3.63, 3.8) is 0 Å². The molecule has 1 rings (SSSR count). The first-order chi connectivity index (χ1) is 7.67. The van der Waals surface area contributed by atoms with E-state index in [0.717, 1.165) is 25.1 Å². The van der Waals surface area contributed by atoms with Crippen LogP contribution in [0.4, 0.5) is 0 Å². The molecule has 1 unspecified atom stereocenters. The van der Waals surface area contributed by atoms with Gasteiger partial charge in [-0.05, 0) is 44.0 Å². The fourth-order valence-electron chi connectivity index (χ4n) is 1.71. The largest absolute Gasteiger partial charge is 0.309 e. The third-order valence-electron chi connectivity index (χ3n) is 2.74. The molecule has 2 heteroatoms. The van der Waals surface area contributed by atoms with Crippen LogP contribution in [0.15, 0.2) is 30.5 Å². The molecule has 0 aliphatic heterocycles. The summed E-state index contributed by atoms with van der Waals surface area (Å²) in [6.07, 6.45) is 3.89. The maximum absolute atomic E-state index is 4.44. The molecule has 2 nitrogen and oxygen atoms in total. The maximum Gasteiger partial charge on any atom is 0.0579 e. The molecule has 1 aromatic rings. The molecule has 16 heavy (non-hydrogen) atoms. The van der Waals surface area contributed by atoms with Gasteiger partial charge in [0.05, 0.1) is 11.7 Å². The lowest BCUT2D eigenvalue weighted by molar-refractivity contribution is 0.530. The van der Waals surface area contributed by atoms with Gasteiger partial charge in [0.1, 0.15) is 0 Å². The van der Waals surface area contributed by atoms with Gasteiger partial charge >= 0.3 is 0 Å². The summed E-state index contributed by atoms with van der Waals surface area (Å²) in [5, 5.41) is 3.47. The molecule has 0 saturated heterocycles. The van der Waals surface area contributed by atoms with Crippen molar-refractivity contribution in [1.82, 2.24) is 10.3 Å². The van der Waals surface area contributed by atoms with Gasteiger partial charge in [0.15, 0.2) is 0 Å². The Kier molecular flexibility index (Phi) is 5.20. The molecular weight excluding hydrogens is 196 g/mol. The van der Waals surface area contributed by atoms with Crippen LogP contribution in [-0.4, -0.2) is 11.5 Å². The Morgan fingerprint density at radius 1 is 1.50 bits per heavy atom. The topological polar surface area (TPSA) is 24.9 Å². The number of aryl methyl sites for hydroxylation is 1. The summed E-state index contributed by atoms with van der Waals surface area (Å²) in [6, 6.07) is 4.48. The second kappa shape index (κ2) is 6.44. The van der Waals surface area contributed by atoms with Crippen molar-refractivity contribution >= 4 is 0 Å². The van der Waals surface area contributed by atoms with Crippen LogP contribution in [0.2, 0.25) is 0 Å². The molecule has 0 aliphatic carbocycles. The van der Waals surface area contributed by atoms with Crippen LogP contribution >= 0.6 is 0 Å². The van der Waals surface area contributed by atoms with Crippen LogP contribution in [0.5, 0.6) is 0 Å². The first-order valence-corrected chi connectivity index (χ1v) is 6.00. The predicted molar refractivity (Wildman–Crippen MR) is 69.4 cm³/mol. The van der Waals surface area contributed by atoms with E-state index in [1.807, 2.05) is 12.3 Å². The van der Waals surface area contributed by atoms with E-state index in [9.17, 15) is 0 Å². The Balaban J connectivity index is 2.80. The summed E-state index contributed by atoms with van der Waals surface area (Å²) in [7, 11) is 0. The van der Waals surface area contributed by atoms with Crippen molar-refractivity contribution < 1.29 is 0 Å². The highest BCUT2D eigenvalue weighted by atomic mass is 14.9. The molecule has 0 bridgehead atoms. The molecule has 0 aromatic carbocycles. The number of rotatable bonds is 6. The molecule has 0 amide bonds. The molecule has 1 atom stereocenters. The predicted octanol–water partition coefficient (Wildman–Crippen LogP) is 3.40. The summed E-state index contributed by atoms with van der Waals surface area (Å²) in [6.45, 7) is 11.4. The number of nitrogens with one attached hydrogen (secondary N) is 1. The van der Waals surface area contributed by atoms with E-state index in [2.05, 4.69) is 43.7 Å². The first kappa shape index (κ1) is 12.9. The number of hydrogen-bond donors (Lipinski definition) is 1. The standard InChI is InChI=1S/C14H22N2/c1-5-11(3)9-13(15-6-2)14-10-12(4)7-8-16-14/h7-8,10,13,15H,3,5-6,9H2,1-2,4H3. The highest BCUT2D eigenvalue weighted by Crippen LogP contribution is 2.20. The van der Waals surface area contributed by atoms with Crippen LogP contribution in [0.3, 0.4) is 0 Å². The van der Waals surface area contributed by atoms with E-state index < -0.39 is 0 Å². The van der Waals surface area contributed by atoms with Gasteiger partial charge in [-0.15, -0.1) is 0 Å². The van der Waals surface area contributed by atoms with Crippen molar-refractivity contribution in [2.45, 2.75) is 39.7 Å². The quantitative estimate of drug-likeness (QED) is 0.740. The van der Waals surface area contributed by atoms with Gasteiger partial charge in [-0.2, -0.15) is 0 Å². The van der Waals surface area contributed by atoms with Gasteiger partial charge in [-0.1, -0.05) is 26.0 Å². The molecule has 1 heterocycles. The average molecular weight is 218 g/mol. The Morgan fingerprint density at radius 2 is 2.25 bits per heavy atom. The van der Waals surface area contributed by atoms with E-state index in [4.69, 9.17) is 0 Å². The maximum atomic E-state index is 4.44. The van der Waals surface area contributed by atoms with Gasteiger partial charge in [0.25, 0.3) is 0 Å². The zero-order chi connectivity index (χ0) is 12.0. The van der Waals surface area contributed by atoms with E-state index in [-0.39, 0.29) is 0 Å². The highest BCUT2D eigenvalue weighted by molar-refractivity contribution is 5.18. The van der Waals surface area contributed by atoms with E-state index >= 15 is 0 Å². The molecular formula is C14H22N2. The van der Waals surface area contributed by atoms with Gasteiger partial charge in [-0.3, -0.25) is 4.98 Å². The minimum atomic E-state index is 0.303. The molecule has 0 fully saturated rings. The number of nitrogens with zero attached hydrogens (tertiary/aromatic N) is 1. The summed E-state index contributed by atoms with van der Waals surface area (Å²) in [5.74, 6) is 0. The summed E-state index contributed by atoms with van der Waals surface area (Å²) < 4.78 is 0. The van der Waals surface area contributed by atoms with Gasteiger partial charge in [0, 0.05) is 6.20 Å². The fraction of sp³-hybridized carbons (Fsp3) is 0.500. The second-order valence-electron chi connectivity index (χ2n) is 4.18. The van der Waals surface area contributed by atoms with Crippen LogP contribution in [0.1, 0.15) is 44.0 Å². The van der Waals surface area contributed by atoms with E-state index in [1.165, 1.54) is 11.1 Å². The van der Waals surface area contributed by atoms with Crippen molar-refractivity contribution in [2.24, 2.45) is 0 Å². The van der Waals surface area contributed by atoms with Crippen molar-refractivity contribution in [2.75, 3.05) is 6.54 Å². The fourth-order valence-corrected chi connectivity index (χ4v) is 1.71. The SMILES string of the molecule is C=C(CC)CC(NCC)c1cc(C)ccn1. The molecule has 1 N–H and O–H groups in total. The van der Waals surface area contributed by atoms with Crippen LogP contribution < -0.4 is 5.32 Å². The van der Waals surface area contributed by atoms with Crippen molar-refractivity contribution in [3.8, 4) is 0 Å². The van der Waals surface area contributed by atoms with Gasteiger partial charge < -0.3 is 5.32 Å². The molecule has 0 spiro atoms. The monoisotopic (exact) mass is 218 g/mol. The molecule has 1 aromatic heterocycles. The Labute approximate surface area is 98.8 Å². The lowest BCUT2D eigenvalue weighted by Crippen LogP contribution is -2.22. The van der Waals surface area contributed by atoms with E-state index in [1.54, 1.807) is 0 Å². The third-order valence-corrected chi connectivity index (χ3v) is 2.74. The minimum absolute atomic E-state index is 0.303. The minimum Gasteiger partial charge on any atom is -0.309 e. The second-order valence-corrected chi connectivity index (χ2v) is 4.18. The van der Waals surface area contributed by atoms with E-state index in [0.29, 0.717) is 6.04 Å². The van der Waals surface area contributed by atoms with Gasteiger partial charge in [-0.25, -0.2) is 0 Å². The normalized spacial score (nSPS) is 12.4. The summed E-state index contributed by atoms with van der Waals surface area (Å²) in [4.78, 5) is 4.44. The lowest BCUT2D eigenvalue weighted by Gasteiger charge is -2.18. The van der Waals surface area contributed by atoms with Crippen LogP contribution in [-0.2, 0) is 0 Å². The molecule has 0 saturated carbocycles. The van der Waals surface area contributed by atoms with Crippen LogP contribution in [0, 0.1) is 6.92 Å². The molecule has 0 aliphatic rings. The van der Waals surface area contributed by atoms with Crippen molar-refractivity contribution in [3.05, 3.63) is 41.7 Å². The highest BCUT2D eigenvalue weighted by Gasteiger charge is 2.12. The zero-order valence-corrected chi connectivity index (χ0v) is 10.6. The summed E-state index contributed by atoms with van der Waals surface area (Å²) in [5.41, 5.74) is 3.65. The van der Waals surface area contributed by atoms with Crippen molar-refractivity contribution in [1.29, 1.82) is 0 Å². The Morgan fingerprint density at radius 3 is 2.81 bits per heavy atom. The Bertz CT molecular complexity index is 344. The average Bonchev–Trinajstić information content (AvgIpc) is 2.28. The Hall–Kier alpha value is -1.15. The number of hydrogen-bond acceptors (Lipinski definition) is 2. The van der Waals surface area contributed by atoms with Gasteiger partial charge in [0.2, 0.25) is 0 Å². The molecule has 0 radical (unpaired) electrons. The first-order valence-electron chi connectivity index (χ1n) is 6.00.